The zero-order valence-electron chi connectivity index (χ0n) is 12.9. The summed E-state index contributed by atoms with van der Waals surface area (Å²) in [5, 5.41) is 0. The van der Waals surface area contributed by atoms with E-state index in [4.69, 9.17) is 4.74 Å². The Kier molecular flexibility index (Phi) is 4.76. The van der Waals surface area contributed by atoms with Crippen molar-refractivity contribution in [1.82, 2.24) is 4.90 Å². The third kappa shape index (κ3) is 3.32. The molecule has 1 saturated heterocycles. The minimum absolute atomic E-state index is 0.0283. The van der Waals surface area contributed by atoms with Gasteiger partial charge in [-0.15, -0.1) is 0 Å². The molecule has 2 atom stereocenters. The Labute approximate surface area is 131 Å². The smallest absolute Gasteiger partial charge is 0.410 e. The third-order valence-electron chi connectivity index (χ3n) is 4.81. The molecule has 22 heavy (non-hydrogen) atoms. The van der Waals surface area contributed by atoms with Crippen LogP contribution in [0.25, 0.3) is 0 Å². The number of nitrogens with zero attached hydrogens (tertiary/aromatic N) is 1. The minimum Gasteiger partial charge on any atom is -0.445 e. The molecule has 1 aromatic carbocycles. The zero-order valence-corrected chi connectivity index (χ0v) is 12.9. The van der Waals surface area contributed by atoms with Crippen molar-refractivity contribution in [2.75, 3.05) is 6.54 Å². The number of hydrogen-bond acceptors (Lipinski definition) is 3. The van der Waals surface area contributed by atoms with Crippen LogP contribution in [0.3, 0.4) is 0 Å². The average Bonchev–Trinajstić information content (AvgIpc) is 3.03. The van der Waals surface area contributed by atoms with E-state index in [0.29, 0.717) is 25.4 Å². The molecule has 1 heterocycles. The Hall–Kier alpha value is -1.84. The van der Waals surface area contributed by atoms with Crippen LogP contribution < -0.4 is 0 Å². The maximum absolute atomic E-state index is 12.4. The second kappa shape index (κ2) is 6.95. The molecule has 0 N–H and O–H groups in total. The maximum atomic E-state index is 12.4. The molecule has 3 rings (SSSR count). The number of hydrogen-bond donors (Lipinski definition) is 0. The summed E-state index contributed by atoms with van der Waals surface area (Å²) in [5.41, 5.74) is 0.986. The van der Waals surface area contributed by atoms with Gasteiger partial charge >= 0.3 is 6.09 Å². The molecule has 0 aromatic heterocycles. The SMILES string of the molecule is O=C1CCCCC1C1CCCN1C(=O)OCc1ccccc1. The summed E-state index contributed by atoms with van der Waals surface area (Å²) in [6.07, 6.45) is 5.32. The molecule has 2 aliphatic rings. The van der Waals surface area contributed by atoms with Crippen LogP contribution in [0.15, 0.2) is 30.3 Å². The second-order valence-electron chi connectivity index (χ2n) is 6.26. The van der Waals surface area contributed by atoms with Gasteiger partial charge in [-0.1, -0.05) is 36.8 Å². The number of Topliss-reactive ketones (excluding diaryl/α,β-unsaturated/α-hetero) is 1. The first kappa shape index (κ1) is 15.1. The number of ketones is 1. The van der Waals surface area contributed by atoms with Gasteiger partial charge in [-0.2, -0.15) is 0 Å². The van der Waals surface area contributed by atoms with Gasteiger partial charge in [-0.3, -0.25) is 4.79 Å². The van der Waals surface area contributed by atoms with Gasteiger partial charge in [-0.25, -0.2) is 4.79 Å². The molecule has 0 spiro atoms. The summed E-state index contributed by atoms with van der Waals surface area (Å²) in [4.78, 5) is 26.3. The van der Waals surface area contributed by atoms with Crippen LogP contribution in [-0.2, 0) is 16.1 Å². The maximum Gasteiger partial charge on any atom is 0.410 e. The summed E-state index contributed by atoms with van der Waals surface area (Å²) in [7, 11) is 0. The highest BCUT2D eigenvalue weighted by atomic mass is 16.6. The van der Waals surface area contributed by atoms with E-state index in [1.54, 1.807) is 4.90 Å². The average molecular weight is 301 g/mol. The molecule has 0 bridgehead atoms. The molecular weight excluding hydrogens is 278 g/mol. The van der Waals surface area contributed by atoms with Crippen molar-refractivity contribution in [2.24, 2.45) is 5.92 Å². The van der Waals surface area contributed by atoms with Crippen LogP contribution in [0.2, 0.25) is 0 Å². The Morgan fingerprint density at radius 2 is 1.95 bits per heavy atom. The topological polar surface area (TPSA) is 46.6 Å². The number of likely N-dealkylation sites (tertiary alicyclic amines) is 1. The minimum atomic E-state index is -0.273. The van der Waals surface area contributed by atoms with Gasteiger partial charge < -0.3 is 9.64 Å². The fraction of sp³-hybridized carbons (Fsp3) is 0.556. The fourth-order valence-corrected chi connectivity index (χ4v) is 3.66. The van der Waals surface area contributed by atoms with Crippen molar-refractivity contribution >= 4 is 11.9 Å². The number of benzene rings is 1. The molecule has 1 aliphatic heterocycles. The number of ether oxygens (including phenoxy) is 1. The second-order valence-corrected chi connectivity index (χ2v) is 6.26. The fourth-order valence-electron chi connectivity index (χ4n) is 3.66. The largest absolute Gasteiger partial charge is 0.445 e. The van der Waals surface area contributed by atoms with Crippen molar-refractivity contribution < 1.29 is 14.3 Å². The van der Waals surface area contributed by atoms with Gasteiger partial charge in [0, 0.05) is 24.9 Å². The Balaban J connectivity index is 1.60. The van der Waals surface area contributed by atoms with Crippen molar-refractivity contribution in [1.29, 1.82) is 0 Å². The lowest BCUT2D eigenvalue weighted by molar-refractivity contribution is -0.126. The van der Waals surface area contributed by atoms with Crippen LogP contribution >= 0.6 is 0 Å². The van der Waals surface area contributed by atoms with Crippen molar-refractivity contribution in [3.05, 3.63) is 35.9 Å². The van der Waals surface area contributed by atoms with E-state index in [0.717, 1.165) is 37.7 Å². The van der Waals surface area contributed by atoms with Crippen molar-refractivity contribution in [2.45, 2.75) is 51.2 Å². The predicted octanol–water partition coefficient (Wildman–Crippen LogP) is 3.55. The highest BCUT2D eigenvalue weighted by molar-refractivity contribution is 5.83. The first-order valence-electron chi connectivity index (χ1n) is 8.26. The van der Waals surface area contributed by atoms with E-state index in [-0.39, 0.29) is 18.1 Å². The zero-order chi connectivity index (χ0) is 15.4. The van der Waals surface area contributed by atoms with Crippen molar-refractivity contribution in [3.63, 3.8) is 0 Å². The summed E-state index contributed by atoms with van der Waals surface area (Å²) < 4.78 is 5.44. The van der Waals surface area contributed by atoms with Crippen LogP contribution in [0.5, 0.6) is 0 Å². The molecule has 4 heteroatoms. The molecule has 4 nitrogen and oxygen atoms in total. The first-order valence-corrected chi connectivity index (χ1v) is 8.26. The summed E-state index contributed by atoms with van der Waals surface area (Å²) in [6.45, 7) is 1.00. The van der Waals surface area contributed by atoms with Gasteiger partial charge in [0.2, 0.25) is 0 Å². The van der Waals surface area contributed by atoms with Gasteiger partial charge in [0.25, 0.3) is 0 Å². The molecule has 1 aromatic rings. The lowest BCUT2D eigenvalue weighted by Gasteiger charge is -2.32. The van der Waals surface area contributed by atoms with E-state index in [1.165, 1.54) is 0 Å². The molecule has 2 fully saturated rings. The summed E-state index contributed by atoms with van der Waals surface area (Å²) >= 11 is 0. The molecule has 0 radical (unpaired) electrons. The molecule has 118 valence electrons. The Morgan fingerprint density at radius 1 is 1.14 bits per heavy atom. The molecule has 1 aliphatic carbocycles. The monoisotopic (exact) mass is 301 g/mol. The van der Waals surface area contributed by atoms with Crippen LogP contribution in [0.4, 0.5) is 4.79 Å². The number of amides is 1. The lowest BCUT2D eigenvalue weighted by atomic mass is 9.82. The Bertz CT molecular complexity index is 528. The standard InChI is InChI=1S/C18H23NO3/c20-17-11-5-4-9-15(17)16-10-6-12-19(16)18(21)22-13-14-7-2-1-3-8-14/h1-3,7-8,15-16H,4-6,9-13H2. The van der Waals surface area contributed by atoms with Crippen LogP contribution in [0.1, 0.15) is 44.1 Å². The number of carbonyl (C=O) groups is 2. The number of rotatable bonds is 3. The number of carbonyl (C=O) groups excluding carboxylic acids is 2. The molecular formula is C18H23NO3. The quantitative estimate of drug-likeness (QED) is 0.857. The van der Waals surface area contributed by atoms with Gasteiger partial charge in [0.1, 0.15) is 12.4 Å². The van der Waals surface area contributed by atoms with Crippen LogP contribution in [0, 0.1) is 5.92 Å². The van der Waals surface area contributed by atoms with E-state index >= 15 is 0 Å². The molecule has 1 amide bonds. The normalized spacial score (nSPS) is 25.3. The van der Waals surface area contributed by atoms with E-state index < -0.39 is 0 Å². The van der Waals surface area contributed by atoms with E-state index in [9.17, 15) is 9.59 Å². The predicted molar refractivity (Wildman–Crippen MR) is 83.3 cm³/mol. The van der Waals surface area contributed by atoms with Gasteiger partial charge in [0.15, 0.2) is 0 Å². The first-order chi connectivity index (χ1) is 10.8. The molecule has 2 unspecified atom stereocenters. The highest BCUT2D eigenvalue weighted by Gasteiger charge is 2.39. The highest BCUT2D eigenvalue weighted by Crippen LogP contribution is 2.32. The van der Waals surface area contributed by atoms with E-state index in [1.807, 2.05) is 30.3 Å². The Morgan fingerprint density at radius 3 is 2.73 bits per heavy atom. The van der Waals surface area contributed by atoms with Gasteiger partial charge in [-0.05, 0) is 31.2 Å². The van der Waals surface area contributed by atoms with Crippen LogP contribution in [-0.4, -0.2) is 29.4 Å². The van der Waals surface area contributed by atoms with Crippen molar-refractivity contribution in [3.8, 4) is 0 Å². The lowest BCUT2D eigenvalue weighted by Crippen LogP contribution is -2.44. The molecule has 1 saturated carbocycles. The summed E-state index contributed by atoms with van der Waals surface area (Å²) in [5.74, 6) is 0.361. The summed E-state index contributed by atoms with van der Waals surface area (Å²) in [6, 6.07) is 9.75. The van der Waals surface area contributed by atoms with E-state index in [2.05, 4.69) is 0 Å². The van der Waals surface area contributed by atoms with Gasteiger partial charge in [0.05, 0.1) is 0 Å². The third-order valence-corrected chi connectivity index (χ3v) is 4.81.